The van der Waals surface area contributed by atoms with E-state index in [-0.39, 0.29) is 0 Å². The fraction of sp³-hybridized carbons (Fsp3) is 0.600. The Morgan fingerprint density at radius 3 is 2.38 bits per heavy atom. The van der Waals surface area contributed by atoms with Crippen LogP contribution in [0.1, 0.15) is 20.8 Å². The van der Waals surface area contributed by atoms with Crippen molar-refractivity contribution in [3.63, 3.8) is 0 Å². The van der Waals surface area contributed by atoms with Crippen LogP contribution in [0, 0.1) is 0 Å². The van der Waals surface area contributed by atoms with E-state index in [1.54, 1.807) is 6.92 Å². The summed E-state index contributed by atoms with van der Waals surface area (Å²) in [6.07, 6.45) is 2.66. The lowest BCUT2D eigenvalue weighted by atomic mass is 10.4. The van der Waals surface area contributed by atoms with E-state index in [4.69, 9.17) is 10.8 Å². The standard InChI is InChI=1S/C5H10N2O.C5H10O3/c1-2-3-4-7-5(6)8;1-3-8-5(7)4(2)6/h2-3H,4H2,1H3,(H3,6,7,8);4,6H,3H2,1-2H3/b3-2+;. The zero-order valence-electron chi connectivity index (χ0n) is 9.90. The Balaban J connectivity index is 0. The first kappa shape index (κ1) is 16.9. The van der Waals surface area contributed by atoms with Gasteiger partial charge in [-0.25, -0.2) is 9.59 Å². The summed E-state index contributed by atoms with van der Waals surface area (Å²) in [4.78, 5) is 20.2. The second kappa shape index (κ2) is 11.5. The zero-order valence-corrected chi connectivity index (χ0v) is 9.90. The molecule has 4 N–H and O–H groups in total. The molecule has 0 heterocycles. The molecule has 0 aromatic heterocycles. The predicted molar refractivity (Wildman–Crippen MR) is 60.7 cm³/mol. The van der Waals surface area contributed by atoms with Gasteiger partial charge in [0.1, 0.15) is 6.10 Å². The van der Waals surface area contributed by atoms with Crippen molar-refractivity contribution < 1.29 is 19.4 Å². The van der Waals surface area contributed by atoms with Crippen LogP contribution in [0.3, 0.4) is 0 Å². The Morgan fingerprint density at radius 2 is 2.12 bits per heavy atom. The van der Waals surface area contributed by atoms with Crippen molar-refractivity contribution in [3.05, 3.63) is 12.2 Å². The topological polar surface area (TPSA) is 102 Å². The van der Waals surface area contributed by atoms with Crippen LogP contribution >= 0.6 is 0 Å². The van der Waals surface area contributed by atoms with Gasteiger partial charge in [-0.05, 0) is 20.8 Å². The number of carbonyl (C=O) groups is 2. The van der Waals surface area contributed by atoms with Gasteiger partial charge in [0.05, 0.1) is 6.61 Å². The molecule has 1 unspecified atom stereocenters. The molecule has 6 nitrogen and oxygen atoms in total. The summed E-state index contributed by atoms with van der Waals surface area (Å²) in [5.41, 5.74) is 4.75. The SMILES string of the molecule is C/C=C/CNC(N)=O.CCOC(=O)C(C)O. The summed E-state index contributed by atoms with van der Waals surface area (Å²) >= 11 is 0. The maximum absolute atomic E-state index is 10.3. The summed E-state index contributed by atoms with van der Waals surface area (Å²) in [7, 11) is 0. The molecule has 0 aromatic rings. The van der Waals surface area contributed by atoms with E-state index in [0.29, 0.717) is 13.2 Å². The number of carbonyl (C=O) groups excluding carboxylic acids is 2. The number of rotatable bonds is 4. The van der Waals surface area contributed by atoms with Gasteiger partial charge >= 0.3 is 12.0 Å². The molecule has 0 radical (unpaired) electrons. The number of ether oxygens (including phenoxy) is 1. The van der Waals surface area contributed by atoms with E-state index < -0.39 is 18.1 Å². The fourth-order valence-electron chi connectivity index (χ4n) is 0.540. The monoisotopic (exact) mass is 232 g/mol. The maximum Gasteiger partial charge on any atom is 0.334 e. The third-order valence-corrected chi connectivity index (χ3v) is 1.26. The molecule has 0 saturated carbocycles. The molecule has 0 aliphatic heterocycles. The van der Waals surface area contributed by atoms with E-state index in [0.717, 1.165) is 0 Å². The second-order valence-electron chi connectivity index (χ2n) is 2.74. The Hall–Kier alpha value is -1.56. The number of hydrogen-bond acceptors (Lipinski definition) is 4. The van der Waals surface area contributed by atoms with Crippen LogP contribution in [-0.2, 0) is 9.53 Å². The lowest BCUT2D eigenvalue weighted by Gasteiger charge is -2.01. The number of amides is 2. The van der Waals surface area contributed by atoms with Gasteiger partial charge in [0.15, 0.2) is 0 Å². The van der Waals surface area contributed by atoms with Crippen molar-refractivity contribution in [1.82, 2.24) is 5.32 Å². The number of aliphatic hydroxyl groups excluding tert-OH is 1. The highest BCUT2D eigenvalue weighted by atomic mass is 16.5. The molecule has 2 amide bonds. The number of urea groups is 1. The van der Waals surface area contributed by atoms with Crippen LogP contribution in [0.4, 0.5) is 4.79 Å². The normalized spacial score (nSPS) is 11.2. The molecule has 0 aliphatic carbocycles. The Morgan fingerprint density at radius 1 is 1.56 bits per heavy atom. The number of primary amides is 1. The van der Waals surface area contributed by atoms with Crippen LogP contribution in [0.2, 0.25) is 0 Å². The third-order valence-electron chi connectivity index (χ3n) is 1.26. The quantitative estimate of drug-likeness (QED) is 0.474. The highest BCUT2D eigenvalue weighted by Gasteiger charge is 2.07. The molecule has 0 fully saturated rings. The van der Waals surface area contributed by atoms with Crippen molar-refractivity contribution >= 4 is 12.0 Å². The molecule has 0 bridgehead atoms. The first-order chi connectivity index (χ1) is 7.45. The first-order valence-electron chi connectivity index (χ1n) is 4.94. The van der Waals surface area contributed by atoms with E-state index in [1.807, 2.05) is 19.1 Å². The van der Waals surface area contributed by atoms with Crippen molar-refractivity contribution in [2.75, 3.05) is 13.2 Å². The minimum atomic E-state index is -0.991. The minimum absolute atomic E-state index is 0.323. The number of nitrogens with one attached hydrogen (secondary N) is 1. The molecule has 6 heteroatoms. The maximum atomic E-state index is 10.3. The van der Waals surface area contributed by atoms with E-state index in [9.17, 15) is 9.59 Å². The van der Waals surface area contributed by atoms with Gasteiger partial charge in [0.2, 0.25) is 0 Å². The van der Waals surface area contributed by atoms with Crippen LogP contribution in [0.25, 0.3) is 0 Å². The van der Waals surface area contributed by atoms with Gasteiger partial charge in [-0.15, -0.1) is 0 Å². The van der Waals surface area contributed by atoms with Gasteiger partial charge in [0.25, 0.3) is 0 Å². The van der Waals surface area contributed by atoms with Crippen LogP contribution in [0.5, 0.6) is 0 Å². The Bertz CT molecular complexity index is 227. The van der Waals surface area contributed by atoms with Crippen LogP contribution < -0.4 is 11.1 Å². The number of aliphatic hydroxyl groups is 1. The van der Waals surface area contributed by atoms with Crippen LogP contribution in [-0.4, -0.2) is 36.4 Å². The summed E-state index contributed by atoms with van der Waals surface area (Å²) in [5, 5.41) is 10.9. The molecule has 0 saturated heterocycles. The van der Waals surface area contributed by atoms with Crippen molar-refractivity contribution in [2.24, 2.45) is 5.73 Å². The lowest BCUT2D eigenvalue weighted by molar-refractivity contribution is -0.151. The van der Waals surface area contributed by atoms with Crippen molar-refractivity contribution in [2.45, 2.75) is 26.9 Å². The van der Waals surface area contributed by atoms with E-state index in [1.165, 1.54) is 6.92 Å². The minimum Gasteiger partial charge on any atom is -0.464 e. The molecular formula is C10H20N2O4. The number of esters is 1. The number of hydrogen-bond donors (Lipinski definition) is 3. The fourth-order valence-corrected chi connectivity index (χ4v) is 0.540. The summed E-state index contributed by atoms with van der Waals surface area (Å²) in [5.74, 6) is -0.562. The number of allylic oxidation sites excluding steroid dienone is 1. The van der Waals surface area contributed by atoms with Gasteiger partial charge in [-0.2, -0.15) is 0 Å². The average Bonchev–Trinajstić information content (AvgIpc) is 2.19. The highest BCUT2D eigenvalue weighted by Crippen LogP contribution is 1.84. The molecule has 0 aromatic carbocycles. The zero-order chi connectivity index (χ0) is 13.0. The Labute approximate surface area is 95.5 Å². The molecule has 0 rings (SSSR count). The number of nitrogens with two attached hydrogens (primary N) is 1. The van der Waals surface area contributed by atoms with E-state index >= 15 is 0 Å². The van der Waals surface area contributed by atoms with E-state index in [2.05, 4.69) is 10.1 Å². The molecular weight excluding hydrogens is 212 g/mol. The predicted octanol–water partition coefficient (Wildman–Crippen LogP) is 0.161. The molecule has 94 valence electrons. The van der Waals surface area contributed by atoms with Gasteiger partial charge in [-0.1, -0.05) is 12.2 Å². The molecule has 1 atom stereocenters. The first-order valence-corrected chi connectivity index (χ1v) is 4.94. The summed E-state index contributed by atoms with van der Waals surface area (Å²) in [6.45, 7) is 5.79. The highest BCUT2D eigenvalue weighted by molar-refractivity contribution is 5.73. The average molecular weight is 232 g/mol. The van der Waals surface area contributed by atoms with Crippen molar-refractivity contribution in [1.29, 1.82) is 0 Å². The second-order valence-corrected chi connectivity index (χ2v) is 2.74. The summed E-state index contributed by atoms with van der Waals surface area (Å²) < 4.78 is 4.41. The molecule has 0 aliphatic rings. The van der Waals surface area contributed by atoms with Gasteiger partial charge in [-0.3, -0.25) is 0 Å². The van der Waals surface area contributed by atoms with Crippen LogP contribution in [0.15, 0.2) is 12.2 Å². The van der Waals surface area contributed by atoms with Gasteiger partial charge < -0.3 is 20.9 Å². The lowest BCUT2D eigenvalue weighted by Crippen LogP contribution is -2.29. The molecule has 16 heavy (non-hydrogen) atoms. The molecule has 0 spiro atoms. The Kier molecular flexibility index (Phi) is 12.1. The third kappa shape index (κ3) is 14.9. The summed E-state index contributed by atoms with van der Waals surface area (Å²) in [6, 6.07) is -0.483. The van der Waals surface area contributed by atoms with Crippen molar-refractivity contribution in [3.8, 4) is 0 Å². The van der Waals surface area contributed by atoms with Gasteiger partial charge in [0, 0.05) is 6.54 Å². The largest absolute Gasteiger partial charge is 0.464 e. The smallest absolute Gasteiger partial charge is 0.334 e.